The van der Waals surface area contributed by atoms with Gasteiger partial charge in [-0.05, 0) is 48.9 Å². The second-order valence-electron chi connectivity index (χ2n) is 6.83. The zero-order chi connectivity index (χ0) is 21.9. The van der Waals surface area contributed by atoms with Gasteiger partial charge in [0.2, 0.25) is 0 Å². The molecule has 0 unspecified atom stereocenters. The van der Waals surface area contributed by atoms with Crippen LogP contribution in [0.5, 0.6) is 17.2 Å². The zero-order valence-corrected chi connectivity index (χ0v) is 18.2. The number of esters is 1. The predicted molar refractivity (Wildman–Crippen MR) is 111 cm³/mol. The number of anilines is 1. The molecule has 0 heterocycles. The summed E-state index contributed by atoms with van der Waals surface area (Å²) in [5.41, 5.74) is 2.09. The Morgan fingerprint density at radius 3 is 1.97 bits per heavy atom. The van der Waals surface area contributed by atoms with Crippen molar-refractivity contribution in [3.05, 3.63) is 41.0 Å². The first-order chi connectivity index (χ1) is 14.3. The Labute approximate surface area is 176 Å². The average molecular weight is 435 g/mol. The van der Waals surface area contributed by atoms with Crippen LogP contribution in [0.1, 0.15) is 34.3 Å². The van der Waals surface area contributed by atoms with E-state index >= 15 is 0 Å². The summed E-state index contributed by atoms with van der Waals surface area (Å²) in [5.74, 6) is 0.0711. The van der Waals surface area contributed by atoms with Gasteiger partial charge in [-0.25, -0.2) is 13.2 Å². The van der Waals surface area contributed by atoms with Crippen molar-refractivity contribution in [3.8, 4) is 17.2 Å². The van der Waals surface area contributed by atoms with Gasteiger partial charge in [0.05, 0.1) is 39.7 Å². The number of nitrogens with one attached hydrogen (secondary N) is 1. The third-order valence-corrected chi connectivity index (χ3v) is 6.48. The Kier molecular flexibility index (Phi) is 6.40. The summed E-state index contributed by atoms with van der Waals surface area (Å²) in [6.45, 7) is 0. The molecule has 0 saturated heterocycles. The van der Waals surface area contributed by atoms with Crippen LogP contribution in [0.25, 0.3) is 0 Å². The molecular weight excluding hydrogens is 410 g/mol. The van der Waals surface area contributed by atoms with Crippen molar-refractivity contribution in [2.45, 2.75) is 30.6 Å². The predicted octanol–water partition coefficient (Wildman–Crippen LogP) is 3.18. The zero-order valence-electron chi connectivity index (χ0n) is 17.4. The largest absolute Gasteiger partial charge is 0.495 e. The molecule has 0 radical (unpaired) electrons. The van der Waals surface area contributed by atoms with Crippen molar-refractivity contribution >= 4 is 21.7 Å². The summed E-state index contributed by atoms with van der Waals surface area (Å²) in [6, 6.07) is 6.17. The molecule has 2 aromatic rings. The lowest BCUT2D eigenvalue weighted by Gasteiger charge is -2.20. The number of ether oxygens (including phenoxy) is 4. The van der Waals surface area contributed by atoms with E-state index in [1.54, 1.807) is 12.1 Å². The van der Waals surface area contributed by atoms with Gasteiger partial charge in [0.1, 0.15) is 10.6 Å². The minimum absolute atomic E-state index is 0.00403. The summed E-state index contributed by atoms with van der Waals surface area (Å²) in [7, 11) is 1.40. The maximum Gasteiger partial charge on any atom is 0.340 e. The molecule has 1 N–H and O–H groups in total. The molecule has 0 spiro atoms. The molecule has 1 aliphatic carbocycles. The number of sulfonamides is 1. The first kappa shape index (κ1) is 21.8. The monoisotopic (exact) mass is 435 g/mol. The number of hydrogen-bond donors (Lipinski definition) is 1. The summed E-state index contributed by atoms with van der Waals surface area (Å²) in [5, 5.41) is 0. The van der Waals surface area contributed by atoms with Crippen molar-refractivity contribution in [2.75, 3.05) is 33.2 Å². The number of rotatable bonds is 7. The van der Waals surface area contributed by atoms with Gasteiger partial charge in [-0.2, -0.15) is 0 Å². The lowest BCUT2D eigenvalue weighted by Crippen LogP contribution is -2.18. The van der Waals surface area contributed by atoms with E-state index in [0.717, 1.165) is 36.8 Å². The van der Waals surface area contributed by atoms with E-state index in [2.05, 4.69) is 4.72 Å². The van der Waals surface area contributed by atoms with Gasteiger partial charge in [-0.15, -0.1) is 0 Å². The number of methoxy groups -OCH3 is 4. The lowest BCUT2D eigenvalue weighted by atomic mass is 9.92. The molecular formula is C21H25NO7S. The number of carbonyl (C=O) groups is 1. The first-order valence-corrected chi connectivity index (χ1v) is 10.9. The summed E-state index contributed by atoms with van der Waals surface area (Å²) < 4.78 is 49.6. The highest BCUT2D eigenvalue weighted by atomic mass is 32.2. The number of hydrogen-bond acceptors (Lipinski definition) is 7. The molecule has 0 aromatic heterocycles. The summed E-state index contributed by atoms with van der Waals surface area (Å²) >= 11 is 0. The van der Waals surface area contributed by atoms with Crippen LogP contribution in [0.15, 0.2) is 29.2 Å². The average Bonchev–Trinajstić information content (AvgIpc) is 2.76. The fourth-order valence-electron chi connectivity index (χ4n) is 3.55. The highest BCUT2D eigenvalue weighted by molar-refractivity contribution is 7.92. The van der Waals surface area contributed by atoms with Gasteiger partial charge >= 0.3 is 5.97 Å². The molecule has 162 valence electrons. The van der Waals surface area contributed by atoms with E-state index < -0.39 is 16.0 Å². The van der Waals surface area contributed by atoms with Crippen LogP contribution >= 0.6 is 0 Å². The smallest absolute Gasteiger partial charge is 0.340 e. The fraction of sp³-hybridized carbons (Fsp3) is 0.381. The van der Waals surface area contributed by atoms with Crippen molar-refractivity contribution in [1.29, 1.82) is 0 Å². The van der Waals surface area contributed by atoms with Crippen molar-refractivity contribution in [1.82, 2.24) is 0 Å². The van der Waals surface area contributed by atoms with Crippen molar-refractivity contribution in [2.24, 2.45) is 0 Å². The molecule has 9 heteroatoms. The van der Waals surface area contributed by atoms with E-state index in [-0.39, 0.29) is 33.4 Å². The van der Waals surface area contributed by atoms with Crippen LogP contribution in [0.4, 0.5) is 5.69 Å². The number of aryl methyl sites for hydroxylation is 2. The lowest BCUT2D eigenvalue weighted by molar-refractivity contribution is 0.0601. The Morgan fingerprint density at radius 1 is 0.833 bits per heavy atom. The maximum absolute atomic E-state index is 13.3. The van der Waals surface area contributed by atoms with E-state index in [1.807, 2.05) is 0 Å². The van der Waals surface area contributed by atoms with Gasteiger partial charge in [-0.1, -0.05) is 0 Å². The fourth-order valence-corrected chi connectivity index (χ4v) is 4.82. The third kappa shape index (κ3) is 4.16. The van der Waals surface area contributed by atoms with E-state index in [0.29, 0.717) is 0 Å². The van der Waals surface area contributed by atoms with Crippen LogP contribution in [-0.4, -0.2) is 42.8 Å². The quantitative estimate of drug-likeness (QED) is 0.667. The summed E-state index contributed by atoms with van der Waals surface area (Å²) in [6.07, 6.45) is 3.77. The van der Waals surface area contributed by atoms with Crippen LogP contribution in [-0.2, 0) is 27.6 Å². The highest BCUT2D eigenvalue weighted by Crippen LogP contribution is 2.37. The number of carbonyl (C=O) groups excluding carboxylic acids is 1. The molecule has 0 bridgehead atoms. The highest BCUT2D eigenvalue weighted by Gasteiger charge is 2.26. The van der Waals surface area contributed by atoms with E-state index in [4.69, 9.17) is 18.9 Å². The van der Waals surface area contributed by atoms with Crippen LogP contribution in [0.2, 0.25) is 0 Å². The second-order valence-corrected chi connectivity index (χ2v) is 8.48. The Balaban J connectivity index is 2.10. The molecule has 0 atom stereocenters. The molecule has 30 heavy (non-hydrogen) atoms. The maximum atomic E-state index is 13.3. The van der Waals surface area contributed by atoms with Crippen LogP contribution < -0.4 is 18.9 Å². The van der Waals surface area contributed by atoms with E-state index in [9.17, 15) is 13.2 Å². The second kappa shape index (κ2) is 8.83. The molecule has 0 amide bonds. The Hall–Kier alpha value is -2.94. The van der Waals surface area contributed by atoms with Gasteiger partial charge in [0.25, 0.3) is 10.0 Å². The van der Waals surface area contributed by atoms with Crippen molar-refractivity contribution < 1.29 is 32.2 Å². The molecule has 0 fully saturated rings. The molecule has 0 aliphatic heterocycles. The van der Waals surface area contributed by atoms with Gasteiger partial charge in [0.15, 0.2) is 11.5 Å². The molecule has 1 aliphatic rings. The van der Waals surface area contributed by atoms with Gasteiger partial charge in [0, 0.05) is 12.1 Å². The topological polar surface area (TPSA) is 100 Å². The van der Waals surface area contributed by atoms with Crippen LogP contribution in [0.3, 0.4) is 0 Å². The third-order valence-electron chi connectivity index (χ3n) is 5.09. The Bertz CT molecular complexity index is 1060. The minimum atomic E-state index is -4.08. The van der Waals surface area contributed by atoms with Gasteiger partial charge < -0.3 is 18.9 Å². The number of fused-ring (bicyclic) bond motifs is 1. The normalized spacial score (nSPS) is 13.2. The first-order valence-electron chi connectivity index (χ1n) is 9.41. The molecule has 3 rings (SSSR count). The Morgan fingerprint density at radius 2 is 1.40 bits per heavy atom. The van der Waals surface area contributed by atoms with Gasteiger partial charge in [-0.3, -0.25) is 4.72 Å². The minimum Gasteiger partial charge on any atom is -0.495 e. The van der Waals surface area contributed by atoms with Crippen LogP contribution in [0, 0.1) is 0 Å². The van der Waals surface area contributed by atoms with E-state index in [1.165, 1.54) is 40.6 Å². The molecule has 8 nitrogen and oxygen atoms in total. The van der Waals surface area contributed by atoms with Crippen molar-refractivity contribution in [3.63, 3.8) is 0 Å². The molecule has 2 aromatic carbocycles. The SMILES string of the molecule is COC(=O)c1cc(OC)c(OC)cc1NS(=O)(=O)c1cc2c(cc1OC)CCCC2. The standard InChI is InChI=1S/C21H25NO7S/c1-26-17-11-15(21(23)29-4)16(12-18(17)27-2)22-30(24,25)20-10-14-8-6-5-7-13(14)9-19(20)28-3/h9-12,22H,5-8H2,1-4H3. The molecule has 0 saturated carbocycles. The number of benzene rings is 2. The summed E-state index contributed by atoms with van der Waals surface area (Å²) in [4.78, 5) is 12.3.